The summed E-state index contributed by atoms with van der Waals surface area (Å²) >= 11 is 0. The molecule has 0 atom stereocenters. The first-order chi connectivity index (χ1) is 11.6. The van der Waals surface area contributed by atoms with Gasteiger partial charge in [-0.3, -0.25) is 4.79 Å². The van der Waals surface area contributed by atoms with Gasteiger partial charge in [0, 0.05) is 31.5 Å². The van der Waals surface area contributed by atoms with Gasteiger partial charge in [0.25, 0.3) is 5.91 Å². The Morgan fingerprint density at radius 3 is 2.96 bits per heavy atom. The van der Waals surface area contributed by atoms with Gasteiger partial charge in [-0.15, -0.1) is 0 Å². The van der Waals surface area contributed by atoms with Crippen LogP contribution in [-0.2, 0) is 6.42 Å². The molecule has 6 heteroatoms. The van der Waals surface area contributed by atoms with E-state index in [0.29, 0.717) is 11.6 Å². The van der Waals surface area contributed by atoms with Crippen LogP contribution in [0.25, 0.3) is 0 Å². The first kappa shape index (κ1) is 16.4. The second kappa shape index (κ2) is 7.40. The van der Waals surface area contributed by atoms with Crippen LogP contribution < -0.4 is 10.2 Å². The van der Waals surface area contributed by atoms with E-state index in [9.17, 15) is 4.79 Å². The van der Waals surface area contributed by atoms with E-state index in [2.05, 4.69) is 26.3 Å². The summed E-state index contributed by atoms with van der Waals surface area (Å²) in [5.74, 6) is 0.424. The topological polar surface area (TPSA) is 61.4 Å². The number of nitrogens with zero attached hydrogens (tertiary/aromatic N) is 4. The summed E-state index contributed by atoms with van der Waals surface area (Å²) in [6.45, 7) is 2.33. The molecule has 3 rings (SSSR count). The number of aryl methyl sites for hydroxylation is 1. The van der Waals surface area contributed by atoms with E-state index in [4.69, 9.17) is 0 Å². The van der Waals surface area contributed by atoms with Crippen molar-refractivity contribution >= 4 is 17.5 Å². The molecule has 1 aliphatic heterocycles. The Labute approximate surface area is 142 Å². The normalized spacial score (nSPS) is 13.7. The lowest BCUT2D eigenvalue weighted by Gasteiger charge is -2.29. The van der Waals surface area contributed by atoms with Crippen LogP contribution in [0.3, 0.4) is 0 Å². The second-order valence-corrected chi connectivity index (χ2v) is 6.18. The van der Waals surface area contributed by atoms with E-state index in [1.807, 2.05) is 37.2 Å². The van der Waals surface area contributed by atoms with E-state index in [-0.39, 0.29) is 5.91 Å². The van der Waals surface area contributed by atoms with Crippen LogP contribution in [0.15, 0.2) is 36.5 Å². The fraction of sp³-hybridized carbons (Fsp3) is 0.389. The zero-order valence-corrected chi connectivity index (χ0v) is 14.2. The van der Waals surface area contributed by atoms with Crippen molar-refractivity contribution in [3.8, 4) is 0 Å². The van der Waals surface area contributed by atoms with Gasteiger partial charge in [-0.05, 0) is 44.6 Å². The SMILES string of the molecule is CN(C)CCNc1nccc(C(=O)N2CCCc3ccccc32)n1. The Morgan fingerprint density at radius 1 is 1.29 bits per heavy atom. The average Bonchev–Trinajstić information content (AvgIpc) is 2.60. The van der Waals surface area contributed by atoms with Gasteiger partial charge in [-0.25, -0.2) is 9.97 Å². The molecular formula is C18H23N5O. The number of amides is 1. The number of para-hydroxylation sites is 1. The van der Waals surface area contributed by atoms with Crippen molar-refractivity contribution in [3.63, 3.8) is 0 Å². The van der Waals surface area contributed by atoms with Crippen molar-refractivity contribution in [2.24, 2.45) is 0 Å². The predicted molar refractivity (Wildman–Crippen MR) is 95.5 cm³/mol. The Hall–Kier alpha value is -2.47. The van der Waals surface area contributed by atoms with Crippen molar-refractivity contribution in [1.82, 2.24) is 14.9 Å². The van der Waals surface area contributed by atoms with Gasteiger partial charge in [-0.2, -0.15) is 0 Å². The first-order valence-electron chi connectivity index (χ1n) is 8.26. The largest absolute Gasteiger partial charge is 0.353 e. The summed E-state index contributed by atoms with van der Waals surface area (Å²) in [5.41, 5.74) is 2.64. The lowest BCUT2D eigenvalue weighted by Crippen LogP contribution is -2.36. The molecule has 24 heavy (non-hydrogen) atoms. The number of likely N-dealkylation sites (N-methyl/N-ethyl adjacent to an activating group) is 1. The van der Waals surface area contributed by atoms with Crippen LogP contribution in [0, 0.1) is 0 Å². The number of aromatic nitrogens is 2. The highest BCUT2D eigenvalue weighted by Gasteiger charge is 2.24. The van der Waals surface area contributed by atoms with Crippen molar-refractivity contribution in [3.05, 3.63) is 47.8 Å². The lowest BCUT2D eigenvalue weighted by molar-refractivity contribution is 0.0980. The minimum Gasteiger partial charge on any atom is -0.353 e. The molecule has 1 N–H and O–H groups in total. The van der Waals surface area contributed by atoms with E-state index in [1.54, 1.807) is 12.3 Å². The molecule has 126 valence electrons. The van der Waals surface area contributed by atoms with Gasteiger partial charge in [0.05, 0.1) is 0 Å². The molecule has 1 aliphatic rings. The zero-order chi connectivity index (χ0) is 16.9. The van der Waals surface area contributed by atoms with E-state index >= 15 is 0 Å². The second-order valence-electron chi connectivity index (χ2n) is 6.18. The number of hydrogen-bond acceptors (Lipinski definition) is 5. The summed E-state index contributed by atoms with van der Waals surface area (Å²) in [7, 11) is 4.02. The Morgan fingerprint density at radius 2 is 2.12 bits per heavy atom. The van der Waals surface area contributed by atoms with E-state index in [1.165, 1.54) is 5.56 Å². The molecule has 0 bridgehead atoms. The maximum absolute atomic E-state index is 12.9. The quantitative estimate of drug-likeness (QED) is 0.911. The molecule has 2 aromatic rings. The molecule has 0 spiro atoms. The van der Waals surface area contributed by atoms with Crippen molar-refractivity contribution in [1.29, 1.82) is 0 Å². The summed E-state index contributed by atoms with van der Waals surface area (Å²) in [4.78, 5) is 25.4. The summed E-state index contributed by atoms with van der Waals surface area (Å²) in [6.07, 6.45) is 3.62. The first-order valence-corrected chi connectivity index (χ1v) is 8.26. The van der Waals surface area contributed by atoms with E-state index in [0.717, 1.165) is 38.2 Å². The minimum absolute atomic E-state index is 0.0693. The molecule has 1 aromatic heterocycles. The van der Waals surface area contributed by atoms with Gasteiger partial charge in [0.1, 0.15) is 5.69 Å². The molecule has 0 fully saturated rings. The fourth-order valence-electron chi connectivity index (χ4n) is 2.84. The van der Waals surface area contributed by atoms with Crippen LogP contribution in [0.5, 0.6) is 0 Å². The van der Waals surface area contributed by atoms with Gasteiger partial charge < -0.3 is 15.1 Å². The zero-order valence-electron chi connectivity index (χ0n) is 14.2. The molecule has 6 nitrogen and oxygen atoms in total. The molecule has 0 saturated heterocycles. The van der Waals surface area contributed by atoms with Gasteiger partial charge in [0.2, 0.25) is 5.95 Å². The van der Waals surface area contributed by atoms with Crippen LogP contribution in [0.1, 0.15) is 22.5 Å². The standard InChI is InChI=1S/C18H23N5O/c1-22(2)13-11-20-18-19-10-9-15(21-18)17(24)23-12-5-7-14-6-3-4-8-16(14)23/h3-4,6,8-10H,5,7,11-13H2,1-2H3,(H,19,20,21). The van der Waals surface area contributed by atoms with Crippen molar-refractivity contribution in [2.45, 2.75) is 12.8 Å². The minimum atomic E-state index is -0.0693. The molecule has 1 amide bonds. The number of anilines is 2. The number of rotatable bonds is 5. The van der Waals surface area contributed by atoms with E-state index < -0.39 is 0 Å². The number of nitrogens with one attached hydrogen (secondary N) is 1. The maximum Gasteiger partial charge on any atom is 0.277 e. The van der Waals surface area contributed by atoms with Gasteiger partial charge >= 0.3 is 0 Å². The van der Waals surface area contributed by atoms with Crippen LogP contribution in [0.2, 0.25) is 0 Å². The van der Waals surface area contributed by atoms with Gasteiger partial charge in [0.15, 0.2) is 0 Å². The predicted octanol–water partition coefficient (Wildman–Crippen LogP) is 2.04. The monoisotopic (exact) mass is 325 g/mol. The molecule has 0 unspecified atom stereocenters. The Kier molecular flexibility index (Phi) is 5.05. The Balaban J connectivity index is 1.76. The molecular weight excluding hydrogens is 302 g/mol. The van der Waals surface area contributed by atoms with Crippen LogP contribution >= 0.6 is 0 Å². The van der Waals surface area contributed by atoms with Crippen LogP contribution in [0.4, 0.5) is 11.6 Å². The smallest absolute Gasteiger partial charge is 0.277 e. The molecule has 0 saturated carbocycles. The average molecular weight is 325 g/mol. The van der Waals surface area contributed by atoms with Crippen molar-refractivity contribution < 1.29 is 4.79 Å². The number of carbonyl (C=O) groups is 1. The number of benzene rings is 1. The molecule has 1 aromatic carbocycles. The Bertz CT molecular complexity index is 716. The van der Waals surface area contributed by atoms with Crippen LogP contribution in [-0.4, -0.2) is 54.5 Å². The third-order valence-electron chi connectivity index (χ3n) is 4.07. The third kappa shape index (κ3) is 3.71. The summed E-state index contributed by atoms with van der Waals surface area (Å²) < 4.78 is 0. The third-order valence-corrected chi connectivity index (χ3v) is 4.07. The molecule has 0 aliphatic carbocycles. The highest BCUT2D eigenvalue weighted by molar-refractivity contribution is 6.05. The fourth-order valence-corrected chi connectivity index (χ4v) is 2.84. The summed E-state index contributed by atoms with van der Waals surface area (Å²) in [6, 6.07) is 9.76. The highest BCUT2D eigenvalue weighted by atomic mass is 16.2. The maximum atomic E-state index is 12.9. The molecule has 2 heterocycles. The number of carbonyl (C=O) groups excluding carboxylic acids is 1. The highest BCUT2D eigenvalue weighted by Crippen LogP contribution is 2.27. The van der Waals surface area contributed by atoms with Gasteiger partial charge in [-0.1, -0.05) is 18.2 Å². The number of hydrogen-bond donors (Lipinski definition) is 1. The summed E-state index contributed by atoms with van der Waals surface area (Å²) in [5, 5.41) is 3.16. The number of fused-ring (bicyclic) bond motifs is 1. The lowest BCUT2D eigenvalue weighted by atomic mass is 10.0. The molecule has 0 radical (unpaired) electrons. The van der Waals surface area contributed by atoms with Crippen molar-refractivity contribution in [2.75, 3.05) is 43.9 Å².